The minimum atomic E-state index is -3.55. The quantitative estimate of drug-likeness (QED) is 0.594. The Kier molecular flexibility index (Phi) is 7.78. The van der Waals surface area contributed by atoms with E-state index in [1.807, 2.05) is 0 Å². The van der Waals surface area contributed by atoms with Gasteiger partial charge in [-0.1, -0.05) is 12.8 Å². The fraction of sp³-hybridized carbons (Fsp3) is 0.481. The fourth-order valence-corrected chi connectivity index (χ4v) is 6.70. The lowest BCUT2D eigenvalue weighted by Crippen LogP contribution is -2.44. The Hall–Kier alpha value is -2.95. The van der Waals surface area contributed by atoms with Gasteiger partial charge in [0.05, 0.1) is 10.6 Å². The molecule has 2 aromatic carbocycles. The Morgan fingerprint density at radius 1 is 0.865 bits per heavy atom. The van der Waals surface area contributed by atoms with Gasteiger partial charge < -0.3 is 19.9 Å². The number of rotatable bonds is 7. The summed E-state index contributed by atoms with van der Waals surface area (Å²) in [5, 5.41) is 2.87. The lowest BCUT2D eigenvalue weighted by Gasteiger charge is -2.33. The third-order valence-electron chi connectivity index (χ3n) is 7.32. The summed E-state index contributed by atoms with van der Waals surface area (Å²) in [4.78, 5) is 29.9. The number of carbonyl (C=O) groups is 2. The molecule has 9 nitrogen and oxygen atoms in total. The zero-order valence-electron chi connectivity index (χ0n) is 21.0. The highest BCUT2D eigenvalue weighted by Gasteiger charge is 2.28. The van der Waals surface area contributed by atoms with Gasteiger partial charge in [-0.15, -0.1) is 0 Å². The van der Waals surface area contributed by atoms with Gasteiger partial charge in [-0.25, -0.2) is 8.42 Å². The molecule has 1 N–H and O–H groups in total. The predicted molar refractivity (Wildman–Crippen MR) is 142 cm³/mol. The van der Waals surface area contributed by atoms with Gasteiger partial charge in [0.2, 0.25) is 10.0 Å². The third kappa shape index (κ3) is 5.81. The molecule has 3 aliphatic rings. The van der Waals surface area contributed by atoms with E-state index >= 15 is 0 Å². The Labute approximate surface area is 218 Å². The van der Waals surface area contributed by atoms with Gasteiger partial charge in [-0.05, 0) is 81.2 Å². The molecule has 198 valence electrons. The van der Waals surface area contributed by atoms with Crippen LogP contribution in [0.15, 0.2) is 47.4 Å². The zero-order chi connectivity index (χ0) is 25.8. The summed E-state index contributed by atoms with van der Waals surface area (Å²) < 4.78 is 32.9. The maximum absolute atomic E-state index is 12.9. The Bertz CT molecular complexity index is 1240. The molecule has 37 heavy (non-hydrogen) atoms. The SMILES string of the molecule is O=C(Nc1ccc2c(c1)N(CCN1CCCCC1)C(=O)CO2)c1ccc(S(=O)(=O)N2CCCCC2)cc1. The van der Waals surface area contributed by atoms with Crippen molar-refractivity contribution in [1.29, 1.82) is 0 Å². The summed E-state index contributed by atoms with van der Waals surface area (Å²) in [6.07, 6.45) is 6.42. The fourth-order valence-electron chi connectivity index (χ4n) is 5.19. The summed E-state index contributed by atoms with van der Waals surface area (Å²) >= 11 is 0. The molecule has 2 fully saturated rings. The van der Waals surface area contributed by atoms with E-state index in [1.54, 1.807) is 23.1 Å². The third-order valence-corrected chi connectivity index (χ3v) is 9.23. The van der Waals surface area contributed by atoms with Crippen LogP contribution in [0.1, 0.15) is 48.9 Å². The molecule has 3 aliphatic heterocycles. The van der Waals surface area contributed by atoms with Gasteiger partial charge in [0.25, 0.3) is 11.8 Å². The molecule has 2 amide bonds. The van der Waals surface area contributed by atoms with Gasteiger partial charge in [-0.3, -0.25) is 9.59 Å². The van der Waals surface area contributed by atoms with Crippen molar-refractivity contribution in [2.45, 2.75) is 43.4 Å². The molecular formula is C27H34N4O5S. The van der Waals surface area contributed by atoms with Crippen molar-refractivity contribution in [1.82, 2.24) is 9.21 Å². The lowest BCUT2D eigenvalue weighted by molar-refractivity contribution is -0.121. The van der Waals surface area contributed by atoms with Crippen LogP contribution in [-0.4, -0.2) is 75.3 Å². The molecule has 0 saturated carbocycles. The molecule has 0 atom stereocenters. The van der Waals surface area contributed by atoms with Gasteiger partial charge in [0.1, 0.15) is 5.75 Å². The molecule has 0 unspecified atom stereocenters. The number of hydrogen-bond donors (Lipinski definition) is 1. The second-order valence-electron chi connectivity index (χ2n) is 9.86. The minimum Gasteiger partial charge on any atom is -0.482 e. The molecule has 0 aromatic heterocycles. The number of anilines is 2. The zero-order valence-corrected chi connectivity index (χ0v) is 21.8. The summed E-state index contributed by atoms with van der Waals surface area (Å²) in [6, 6.07) is 11.3. The van der Waals surface area contributed by atoms with E-state index in [0.29, 0.717) is 42.3 Å². The Balaban J connectivity index is 1.27. The van der Waals surface area contributed by atoms with Crippen molar-refractivity contribution >= 4 is 33.2 Å². The molecular weight excluding hydrogens is 492 g/mol. The first-order chi connectivity index (χ1) is 17.9. The van der Waals surface area contributed by atoms with Gasteiger partial charge in [0.15, 0.2) is 6.61 Å². The molecule has 0 radical (unpaired) electrons. The number of benzene rings is 2. The number of sulfonamides is 1. The highest BCUT2D eigenvalue weighted by molar-refractivity contribution is 7.89. The predicted octanol–water partition coefficient (Wildman–Crippen LogP) is 3.32. The van der Waals surface area contributed by atoms with Crippen LogP contribution in [0.2, 0.25) is 0 Å². The van der Waals surface area contributed by atoms with Crippen LogP contribution in [0.3, 0.4) is 0 Å². The van der Waals surface area contributed by atoms with E-state index in [9.17, 15) is 18.0 Å². The van der Waals surface area contributed by atoms with Crippen LogP contribution in [0, 0.1) is 0 Å². The van der Waals surface area contributed by atoms with Crippen LogP contribution in [-0.2, 0) is 14.8 Å². The number of amides is 2. The second kappa shape index (κ2) is 11.2. The molecule has 0 spiro atoms. The summed E-state index contributed by atoms with van der Waals surface area (Å²) in [6.45, 7) is 4.55. The monoisotopic (exact) mass is 526 g/mol. The number of likely N-dealkylation sites (tertiary alicyclic amines) is 1. The highest BCUT2D eigenvalue weighted by Crippen LogP contribution is 2.35. The summed E-state index contributed by atoms with van der Waals surface area (Å²) in [7, 11) is -3.55. The van der Waals surface area contributed by atoms with Gasteiger partial charge >= 0.3 is 0 Å². The number of carbonyl (C=O) groups excluding carboxylic acids is 2. The van der Waals surface area contributed by atoms with Crippen molar-refractivity contribution in [2.24, 2.45) is 0 Å². The van der Waals surface area contributed by atoms with Crippen LogP contribution in [0.5, 0.6) is 5.75 Å². The van der Waals surface area contributed by atoms with Gasteiger partial charge in [-0.2, -0.15) is 4.31 Å². The largest absolute Gasteiger partial charge is 0.482 e. The number of piperidine rings is 2. The molecule has 5 rings (SSSR count). The summed E-state index contributed by atoms with van der Waals surface area (Å²) in [5.41, 5.74) is 1.54. The first-order valence-corrected chi connectivity index (χ1v) is 14.6. The second-order valence-corrected chi connectivity index (χ2v) is 11.8. The standard InChI is InChI=1S/C27H34N4O5S/c32-26-20-36-25-12-9-22(19-24(25)31(26)18-17-29-13-3-1-4-14-29)28-27(33)21-7-10-23(11-8-21)37(34,35)30-15-5-2-6-16-30/h7-12,19H,1-6,13-18,20H2,(H,28,33). The van der Waals surface area contributed by atoms with Crippen molar-refractivity contribution in [3.8, 4) is 5.75 Å². The number of nitrogens with zero attached hydrogens (tertiary/aromatic N) is 3. The van der Waals surface area contributed by atoms with E-state index < -0.39 is 10.0 Å². The van der Waals surface area contributed by atoms with Crippen LogP contribution >= 0.6 is 0 Å². The molecule has 0 aliphatic carbocycles. The lowest BCUT2D eigenvalue weighted by atomic mass is 10.1. The first-order valence-electron chi connectivity index (χ1n) is 13.1. The van der Waals surface area contributed by atoms with E-state index in [1.165, 1.54) is 47.8 Å². The number of ether oxygens (including phenoxy) is 1. The van der Waals surface area contributed by atoms with Crippen molar-refractivity contribution < 1.29 is 22.7 Å². The molecule has 3 heterocycles. The molecule has 0 bridgehead atoms. The smallest absolute Gasteiger partial charge is 0.265 e. The number of nitrogens with one attached hydrogen (secondary N) is 1. The topological polar surface area (TPSA) is 99.3 Å². The van der Waals surface area contributed by atoms with Crippen LogP contribution < -0.4 is 15.0 Å². The summed E-state index contributed by atoms with van der Waals surface area (Å²) in [5.74, 6) is 0.159. The number of hydrogen-bond acceptors (Lipinski definition) is 6. The minimum absolute atomic E-state index is 0.00535. The van der Waals surface area contributed by atoms with E-state index in [0.717, 1.165) is 38.9 Å². The normalized spacial score (nSPS) is 19.2. The van der Waals surface area contributed by atoms with E-state index in [-0.39, 0.29) is 23.3 Å². The van der Waals surface area contributed by atoms with E-state index in [4.69, 9.17) is 4.74 Å². The van der Waals surface area contributed by atoms with Crippen molar-refractivity contribution in [2.75, 3.05) is 56.1 Å². The van der Waals surface area contributed by atoms with Crippen LogP contribution in [0.4, 0.5) is 11.4 Å². The average Bonchev–Trinajstić information content (AvgIpc) is 2.93. The van der Waals surface area contributed by atoms with Crippen molar-refractivity contribution in [3.05, 3.63) is 48.0 Å². The molecule has 2 saturated heterocycles. The Morgan fingerprint density at radius 2 is 1.54 bits per heavy atom. The van der Waals surface area contributed by atoms with Crippen LogP contribution in [0.25, 0.3) is 0 Å². The average molecular weight is 527 g/mol. The highest BCUT2D eigenvalue weighted by atomic mass is 32.2. The maximum atomic E-state index is 12.9. The van der Waals surface area contributed by atoms with Gasteiger partial charge in [0, 0.05) is 37.4 Å². The number of fused-ring (bicyclic) bond motifs is 1. The van der Waals surface area contributed by atoms with Crippen molar-refractivity contribution in [3.63, 3.8) is 0 Å². The Morgan fingerprint density at radius 3 is 2.24 bits per heavy atom. The molecule has 10 heteroatoms. The molecule has 2 aromatic rings. The maximum Gasteiger partial charge on any atom is 0.265 e. The van der Waals surface area contributed by atoms with E-state index in [2.05, 4.69) is 10.2 Å². The first kappa shape index (κ1) is 25.7.